The van der Waals surface area contributed by atoms with E-state index >= 15 is 0 Å². The number of Topliss-reactive ketones (excluding diaryl/α,β-unsaturated/α-hetero) is 1. The number of piperidine rings is 1. The molecular formula is C23H24N4O5S. The Balaban J connectivity index is 1.41. The summed E-state index contributed by atoms with van der Waals surface area (Å²) in [6.07, 6.45) is 0.806. The zero-order chi connectivity index (χ0) is 23.6. The van der Waals surface area contributed by atoms with Gasteiger partial charge in [0.1, 0.15) is 0 Å². The van der Waals surface area contributed by atoms with Crippen molar-refractivity contribution in [1.82, 2.24) is 14.4 Å². The molecule has 33 heavy (non-hydrogen) atoms. The Morgan fingerprint density at radius 1 is 1.06 bits per heavy atom. The Morgan fingerprint density at radius 3 is 2.33 bits per heavy atom. The Bertz CT molecular complexity index is 1280. The molecule has 1 fully saturated rings. The Morgan fingerprint density at radius 2 is 1.73 bits per heavy atom. The summed E-state index contributed by atoms with van der Waals surface area (Å²) in [5.74, 6) is 0.194. The number of amides is 1. The van der Waals surface area contributed by atoms with Crippen LogP contribution in [0.5, 0.6) is 0 Å². The van der Waals surface area contributed by atoms with E-state index in [0.717, 1.165) is 0 Å². The molecule has 4 rings (SSSR count). The summed E-state index contributed by atoms with van der Waals surface area (Å²) < 4.78 is 32.3. The van der Waals surface area contributed by atoms with E-state index < -0.39 is 10.0 Å². The monoisotopic (exact) mass is 468 g/mol. The highest BCUT2D eigenvalue weighted by molar-refractivity contribution is 7.89. The minimum atomic E-state index is -3.69. The molecule has 3 aromatic rings. The average molecular weight is 469 g/mol. The average Bonchev–Trinajstić information content (AvgIpc) is 3.25. The molecule has 172 valence electrons. The summed E-state index contributed by atoms with van der Waals surface area (Å²) in [7, 11) is -3.69. The first kappa shape index (κ1) is 22.8. The summed E-state index contributed by atoms with van der Waals surface area (Å²) in [5.41, 5.74) is 1.68. The summed E-state index contributed by atoms with van der Waals surface area (Å²) >= 11 is 0. The van der Waals surface area contributed by atoms with Gasteiger partial charge < -0.3 is 9.84 Å². The fourth-order valence-corrected chi connectivity index (χ4v) is 5.27. The number of nitrogens with one attached hydrogen (secondary N) is 1. The maximum atomic E-state index is 13.0. The lowest BCUT2D eigenvalue weighted by molar-refractivity contribution is -0.120. The van der Waals surface area contributed by atoms with Crippen LogP contribution in [0.4, 0.5) is 5.69 Å². The van der Waals surface area contributed by atoms with E-state index in [1.54, 1.807) is 25.1 Å². The van der Waals surface area contributed by atoms with E-state index in [9.17, 15) is 18.0 Å². The van der Waals surface area contributed by atoms with Gasteiger partial charge in [0, 0.05) is 37.1 Å². The molecule has 0 unspecified atom stereocenters. The number of aryl methyl sites for hydroxylation is 1. The number of aromatic nitrogens is 2. The van der Waals surface area contributed by atoms with Crippen LogP contribution in [0.2, 0.25) is 0 Å². The number of ketones is 1. The van der Waals surface area contributed by atoms with Gasteiger partial charge in [0.25, 0.3) is 0 Å². The molecule has 10 heteroatoms. The smallest absolute Gasteiger partial charge is 0.243 e. The SMILES string of the molecule is CC(=O)c1ccc(S(=O)(=O)N2CCC(C(=O)Nc3ccccc3-c3noc(C)n3)CC2)cc1. The lowest BCUT2D eigenvalue weighted by Gasteiger charge is -2.30. The van der Waals surface area contributed by atoms with Crippen LogP contribution >= 0.6 is 0 Å². The van der Waals surface area contributed by atoms with Gasteiger partial charge in [-0.25, -0.2) is 8.42 Å². The van der Waals surface area contributed by atoms with Gasteiger partial charge in [0.2, 0.25) is 27.6 Å². The molecule has 1 N–H and O–H groups in total. The largest absolute Gasteiger partial charge is 0.339 e. The minimum Gasteiger partial charge on any atom is -0.339 e. The van der Waals surface area contributed by atoms with E-state index in [1.807, 2.05) is 6.07 Å². The molecule has 0 aliphatic carbocycles. The molecule has 2 heterocycles. The number of para-hydroxylation sites is 1. The number of carbonyl (C=O) groups excluding carboxylic acids is 2. The maximum Gasteiger partial charge on any atom is 0.243 e. The third kappa shape index (κ3) is 4.86. The summed E-state index contributed by atoms with van der Waals surface area (Å²) in [5, 5.41) is 6.85. The van der Waals surface area contributed by atoms with Crippen LogP contribution in [-0.4, -0.2) is 47.6 Å². The molecule has 1 aliphatic rings. The van der Waals surface area contributed by atoms with Gasteiger partial charge >= 0.3 is 0 Å². The number of hydrogen-bond acceptors (Lipinski definition) is 7. The molecule has 9 nitrogen and oxygen atoms in total. The van der Waals surface area contributed by atoms with Crippen LogP contribution in [0.1, 0.15) is 36.0 Å². The van der Waals surface area contributed by atoms with E-state index in [0.29, 0.717) is 41.4 Å². The van der Waals surface area contributed by atoms with Gasteiger partial charge in [-0.2, -0.15) is 9.29 Å². The number of carbonyl (C=O) groups is 2. The first-order valence-electron chi connectivity index (χ1n) is 10.6. The van der Waals surface area contributed by atoms with Crippen molar-refractivity contribution in [3.05, 3.63) is 60.0 Å². The summed E-state index contributed by atoms with van der Waals surface area (Å²) in [6.45, 7) is 3.60. The highest BCUT2D eigenvalue weighted by atomic mass is 32.2. The molecule has 0 bridgehead atoms. The fourth-order valence-electron chi connectivity index (χ4n) is 3.80. The van der Waals surface area contributed by atoms with Crippen molar-refractivity contribution in [3.63, 3.8) is 0 Å². The topological polar surface area (TPSA) is 122 Å². The van der Waals surface area contributed by atoms with Crippen molar-refractivity contribution in [2.75, 3.05) is 18.4 Å². The second-order valence-electron chi connectivity index (χ2n) is 7.93. The van der Waals surface area contributed by atoms with Crippen molar-refractivity contribution in [2.45, 2.75) is 31.6 Å². The maximum absolute atomic E-state index is 13.0. The fraction of sp³-hybridized carbons (Fsp3) is 0.304. The lowest BCUT2D eigenvalue weighted by Crippen LogP contribution is -2.41. The Hall–Kier alpha value is -3.37. The molecule has 1 aliphatic heterocycles. The summed E-state index contributed by atoms with van der Waals surface area (Å²) in [4.78, 5) is 28.7. The molecule has 0 radical (unpaired) electrons. The van der Waals surface area contributed by atoms with E-state index in [-0.39, 0.29) is 35.6 Å². The van der Waals surface area contributed by atoms with Crippen LogP contribution in [0.25, 0.3) is 11.4 Å². The third-order valence-corrected chi connectivity index (χ3v) is 7.59. The molecule has 0 atom stereocenters. The molecule has 0 spiro atoms. The lowest BCUT2D eigenvalue weighted by atomic mass is 9.97. The minimum absolute atomic E-state index is 0.123. The van der Waals surface area contributed by atoms with E-state index in [1.165, 1.54) is 35.5 Å². The highest BCUT2D eigenvalue weighted by Gasteiger charge is 2.32. The van der Waals surface area contributed by atoms with Gasteiger partial charge in [-0.15, -0.1) is 0 Å². The first-order chi connectivity index (χ1) is 15.8. The third-order valence-electron chi connectivity index (χ3n) is 5.68. The number of benzene rings is 2. The van der Waals surface area contributed by atoms with Gasteiger partial charge in [-0.1, -0.05) is 29.4 Å². The van der Waals surface area contributed by atoms with Gasteiger partial charge in [-0.3, -0.25) is 9.59 Å². The predicted octanol–water partition coefficient (Wildman–Crippen LogP) is 3.29. The number of rotatable bonds is 6. The van der Waals surface area contributed by atoms with Crippen LogP contribution in [0.15, 0.2) is 57.9 Å². The zero-order valence-corrected chi connectivity index (χ0v) is 19.1. The van der Waals surface area contributed by atoms with Crippen molar-refractivity contribution < 1.29 is 22.5 Å². The van der Waals surface area contributed by atoms with Crippen LogP contribution in [0.3, 0.4) is 0 Å². The second-order valence-corrected chi connectivity index (χ2v) is 9.87. The van der Waals surface area contributed by atoms with Crippen LogP contribution in [-0.2, 0) is 14.8 Å². The number of anilines is 1. The number of sulfonamides is 1. The highest BCUT2D eigenvalue weighted by Crippen LogP contribution is 2.28. The van der Waals surface area contributed by atoms with Crippen molar-refractivity contribution in [3.8, 4) is 11.4 Å². The molecule has 0 saturated carbocycles. The van der Waals surface area contributed by atoms with Crippen LogP contribution in [0, 0.1) is 12.8 Å². The molecule has 1 aromatic heterocycles. The predicted molar refractivity (Wildman–Crippen MR) is 121 cm³/mol. The second kappa shape index (κ2) is 9.24. The summed E-state index contributed by atoms with van der Waals surface area (Å²) in [6, 6.07) is 13.1. The van der Waals surface area contributed by atoms with Crippen molar-refractivity contribution in [2.24, 2.45) is 5.92 Å². The van der Waals surface area contributed by atoms with Gasteiger partial charge in [0.05, 0.1) is 10.6 Å². The van der Waals surface area contributed by atoms with E-state index in [2.05, 4.69) is 15.5 Å². The standard InChI is InChI=1S/C23H24N4O5S/c1-15(28)17-7-9-19(10-8-17)33(30,31)27-13-11-18(12-14-27)23(29)25-21-6-4-3-5-20(21)22-24-16(2)32-26-22/h3-10,18H,11-14H2,1-2H3,(H,25,29). The van der Waals surface area contributed by atoms with E-state index in [4.69, 9.17) is 4.52 Å². The van der Waals surface area contributed by atoms with Crippen molar-refractivity contribution in [1.29, 1.82) is 0 Å². The quantitative estimate of drug-likeness (QED) is 0.551. The number of nitrogens with zero attached hydrogens (tertiary/aromatic N) is 3. The molecule has 2 aromatic carbocycles. The normalized spacial score (nSPS) is 15.3. The van der Waals surface area contributed by atoms with Gasteiger partial charge in [-0.05, 0) is 44.0 Å². The molecule has 1 amide bonds. The van der Waals surface area contributed by atoms with Gasteiger partial charge in [0.15, 0.2) is 5.78 Å². The Kier molecular flexibility index (Phi) is 6.39. The zero-order valence-electron chi connectivity index (χ0n) is 18.3. The molecular weight excluding hydrogens is 444 g/mol. The van der Waals surface area contributed by atoms with Crippen molar-refractivity contribution >= 4 is 27.4 Å². The molecule has 1 saturated heterocycles. The number of hydrogen-bond donors (Lipinski definition) is 1. The first-order valence-corrected chi connectivity index (χ1v) is 12.0. The van der Waals surface area contributed by atoms with Crippen LogP contribution < -0.4 is 5.32 Å². The Labute approximate surface area is 191 Å².